The van der Waals surface area contributed by atoms with Crippen LogP contribution in [0.3, 0.4) is 0 Å². The average molecular weight is 726 g/mol. The molecule has 0 atom stereocenters. The van der Waals surface area contributed by atoms with Crippen molar-refractivity contribution in [3.05, 3.63) is 130 Å². The first kappa shape index (κ1) is 34.2. The van der Waals surface area contributed by atoms with Gasteiger partial charge >= 0.3 is 0 Å². The summed E-state index contributed by atoms with van der Waals surface area (Å²) in [6, 6.07) is 26.7. The summed E-state index contributed by atoms with van der Waals surface area (Å²) < 4.78 is 4.44. The standard InChI is InChI=1S/C44H45N4S3/c1-8-49-41-45-46-42(51-41)50-40-30(22-26-36-43(2,3)38-32-18-11-9-14-28(32)20-24-34(38)47(36)6)16-13-17-31(40)23-27-37-44(4,5)39-33-19-12-10-15-29(33)21-25-35(39)48(37)7/h9-12,14-15,18-27H,8,13,16-17H2,1-7H3/q+1. The highest BCUT2D eigenvalue weighted by molar-refractivity contribution is 8.05. The lowest BCUT2D eigenvalue weighted by Gasteiger charge is -2.25. The van der Waals surface area contributed by atoms with Crippen LogP contribution in [0.4, 0.5) is 11.4 Å². The lowest BCUT2D eigenvalue weighted by molar-refractivity contribution is -0.401. The minimum atomic E-state index is -0.129. The lowest BCUT2D eigenvalue weighted by atomic mass is 9.78. The number of fused-ring (bicyclic) bond motifs is 6. The number of likely N-dealkylation sites (N-methyl/N-ethyl adjacent to an activating group) is 1. The first-order chi connectivity index (χ1) is 24.6. The zero-order valence-corrected chi connectivity index (χ0v) is 33.0. The summed E-state index contributed by atoms with van der Waals surface area (Å²) in [5, 5.41) is 14.4. The fraction of sp³-hybridized carbons (Fsp3) is 0.295. The molecule has 51 heavy (non-hydrogen) atoms. The zero-order chi connectivity index (χ0) is 35.5. The summed E-state index contributed by atoms with van der Waals surface area (Å²) in [5.41, 5.74) is 10.6. The molecule has 0 saturated heterocycles. The van der Waals surface area contributed by atoms with Gasteiger partial charge in [-0.05, 0) is 95.3 Å². The van der Waals surface area contributed by atoms with Crippen LogP contribution in [0, 0.1) is 0 Å². The van der Waals surface area contributed by atoms with Crippen molar-refractivity contribution in [3.63, 3.8) is 0 Å². The van der Waals surface area contributed by atoms with E-state index in [4.69, 9.17) is 0 Å². The molecule has 7 heteroatoms. The van der Waals surface area contributed by atoms with Gasteiger partial charge in [0.1, 0.15) is 7.05 Å². The highest BCUT2D eigenvalue weighted by Gasteiger charge is 2.44. The van der Waals surface area contributed by atoms with Crippen molar-refractivity contribution < 1.29 is 4.58 Å². The topological polar surface area (TPSA) is 32.0 Å². The van der Waals surface area contributed by atoms with Crippen LogP contribution in [0.1, 0.15) is 65.0 Å². The van der Waals surface area contributed by atoms with Crippen molar-refractivity contribution in [1.82, 2.24) is 10.2 Å². The van der Waals surface area contributed by atoms with Gasteiger partial charge in [0.25, 0.3) is 0 Å². The average Bonchev–Trinajstić information content (AvgIpc) is 3.71. The Kier molecular flexibility index (Phi) is 8.88. The molecule has 8 rings (SSSR count). The molecule has 0 unspecified atom stereocenters. The molecule has 0 bridgehead atoms. The summed E-state index contributed by atoms with van der Waals surface area (Å²) >= 11 is 5.27. The summed E-state index contributed by atoms with van der Waals surface area (Å²) in [7, 11) is 4.44. The van der Waals surface area contributed by atoms with E-state index in [9.17, 15) is 0 Å². The predicted molar refractivity (Wildman–Crippen MR) is 222 cm³/mol. The molecule has 0 spiro atoms. The van der Waals surface area contributed by atoms with Gasteiger partial charge < -0.3 is 4.90 Å². The maximum absolute atomic E-state index is 4.64. The number of benzene rings is 4. The van der Waals surface area contributed by atoms with Gasteiger partial charge in [0, 0.05) is 46.5 Å². The second-order valence-electron chi connectivity index (χ2n) is 14.8. The highest BCUT2D eigenvalue weighted by Crippen LogP contribution is 2.51. The number of hydrogen-bond acceptors (Lipinski definition) is 6. The third kappa shape index (κ3) is 5.82. The lowest BCUT2D eigenvalue weighted by Crippen LogP contribution is -2.27. The van der Waals surface area contributed by atoms with E-state index in [1.165, 1.54) is 71.5 Å². The number of rotatable bonds is 7. The van der Waals surface area contributed by atoms with Crippen LogP contribution in [-0.2, 0) is 10.8 Å². The van der Waals surface area contributed by atoms with Crippen molar-refractivity contribution in [3.8, 4) is 0 Å². The van der Waals surface area contributed by atoms with Crippen molar-refractivity contribution >= 4 is 73.5 Å². The van der Waals surface area contributed by atoms with Crippen LogP contribution in [0.15, 0.2) is 128 Å². The quantitative estimate of drug-likeness (QED) is 0.123. The second kappa shape index (κ2) is 13.3. The van der Waals surface area contributed by atoms with Crippen LogP contribution in [-0.4, -0.2) is 40.3 Å². The summed E-state index contributed by atoms with van der Waals surface area (Å²) in [4.78, 5) is 3.72. The maximum Gasteiger partial charge on any atom is 0.210 e. The van der Waals surface area contributed by atoms with Gasteiger partial charge in [0.2, 0.25) is 5.69 Å². The van der Waals surface area contributed by atoms with Gasteiger partial charge in [-0.1, -0.05) is 122 Å². The van der Waals surface area contributed by atoms with E-state index in [0.717, 1.165) is 33.7 Å². The largest absolute Gasteiger partial charge is 0.347 e. The van der Waals surface area contributed by atoms with Crippen LogP contribution in [0.5, 0.6) is 0 Å². The minimum absolute atomic E-state index is 0.129. The first-order valence-corrected chi connectivity index (χ1v) is 20.6. The van der Waals surface area contributed by atoms with Gasteiger partial charge in [-0.25, -0.2) is 0 Å². The molecule has 0 saturated carbocycles. The van der Waals surface area contributed by atoms with Gasteiger partial charge in [-0.15, -0.1) is 10.2 Å². The number of aromatic nitrogens is 2. The Morgan fingerprint density at radius 3 is 2.24 bits per heavy atom. The molecule has 2 aliphatic heterocycles. The number of hydrogen-bond donors (Lipinski definition) is 0. The Morgan fingerprint density at radius 1 is 0.804 bits per heavy atom. The number of anilines is 1. The molecule has 0 amide bonds. The molecule has 5 aromatic rings. The molecule has 3 aliphatic rings. The van der Waals surface area contributed by atoms with Crippen LogP contribution in [0.2, 0.25) is 0 Å². The predicted octanol–water partition coefficient (Wildman–Crippen LogP) is 12.0. The van der Waals surface area contributed by atoms with Crippen molar-refractivity contribution in [1.29, 1.82) is 0 Å². The monoisotopic (exact) mass is 725 g/mol. The van der Waals surface area contributed by atoms with E-state index >= 15 is 0 Å². The molecule has 0 fully saturated rings. The molecule has 0 N–H and O–H groups in total. The number of allylic oxidation sites excluding steroid dienone is 7. The normalized spacial score (nSPS) is 19.8. The summed E-state index contributed by atoms with van der Waals surface area (Å²) in [6.07, 6.45) is 12.8. The molecular formula is C44H45N4S3+. The maximum atomic E-state index is 4.64. The van der Waals surface area contributed by atoms with Crippen LogP contribution in [0.25, 0.3) is 21.5 Å². The molecule has 4 aromatic carbocycles. The van der Waals surface area contributed by atoms with E-state index in [1.54, 1.807) is 34.9 Å². The van der Waals surface area contributed by atoms with Gasteiger partial charge in [0.15, 0.2) is 14.4 Å². The zero-order valence-electron chi connectivity index (χ0n) is 30.6. The molecular weight excluding hydrogens is 681 g/mol. The minimum Gasteiger partial charge on any atom is -0.347 e. The van der Waals surface area contributed by atoms with Crippen LogP contribution >= 0.6 is 34.9 Å². The van der Waals surface area contributed by atoms with E-state index in [2.05, 4.69) is 165 Å². The summed E-state index contributed by atoms with van der Waals surface area (Å²) in [6.45, 7) is 11.7. The van der Waals surface area contributed by atoms with Crippen molar-refractivity contribution in [2.75, 3.05) is 24.7 Å². The second-order valence-corrected chi connectivity index (χ2v) is 18.5. The Morgan fingerprint density at radius 2 is 1.49 bits per heavy atom. The van der Waals surface area contributed by atoms with Gasteiger partial charge in [-0.2, -0.15) is 4.58 Å². The van der Waals surface area contributed by atoms with E-state index in [1.807, 2.05) is 0 Å². The molecule has 0 radical (unpaired) electrons. The Bertz CT molecular complexity index is 2370. The number of nitrogens with zero attached hydrogens (tertiary/aromatic N) is 4. The number of thioether (sulfide) groups is 2. The fourth-order valence-electron chi connectivity index (χ4n) is 8.61. The fourth-order valence-corrected chi connectivity index (χ4v) is 11.8. The smallest absolute Gasteiger partial charge is 0.210 e. The molecule has 3 heterocycles. The van der Waals surface area contributed by atoms with Gasteiger partial charge in [0.05, 0.1) is 5.41 Å². The van der Waals surface area contributed by atoms with E-state index in [-0.39, 0.29) is 10.8 Å². The Balaban J connectivity index is 1.20. The summed E-state index contributed by atoms with van der Waals surface area (Å²) in [5.74, 6) is 0.995. The van der Waals surface area contributed by atoms with E-state index in [0.29, 0.717) is 0 Å². The SMILES string of the molecule is CCSc1nnc(SC2=C(/C=C/C3=[N+](C)c4ccc5ccccc5c4C3(C)C)CCC/C2=C\C=C2\N(C)c3ccc4ccccc4c3C2(C)C)s1. The first-order valence-electron chi connectivity index (χ1n) is 18.0. The Hall–Kier alpha value is -3.91. The third-order valence-corrected chi connectivity index (χ3v) is 14.2. The molecule has 258 valence electrons. The van der Waals surface area contributed by atoms with Crippen LogP contribution < -0.4 is 4.90 Å². The van der Waals surface area contributed by atoms with E-state index < -0.39 is 0 Å². The van der Waals surface area contributed by atoms with Crippen molar-refractivity contribution in [2.45, 2.75) is 73.4 Å². The van der Waals surface area contributed by atoms with Crippen molar-refractivity contribution in [2.24, 2.45) is 0 Å². The molecule has 4 nitrogen and oxygen atoms in total. The van der Waals surface area contributed by atoms with Gasteiger partial charge in [-0.3, -0.25) is 0 Å². The Labute approximate surface area is 314 Å². The third-order valence-electron chi connectivity index (χ3n) is 11.0. The molecule has 1 aromatic heterocycles. The molecule has 1 aliphatic carbocycles. The highest BCUT2D eigenvalue weighted by atomic mass is 32.2.